The highest BCUT2D eigenvalue weighted by Gasteiger charge is 2.58. The minimum Gasteiger partial charge on any atom is -0.497 e. The molecule has 0 unspecified atom stereocenters. The summed E-state index contributed by atoms with van der Waals surface area (Å²) in [6, 6.07) is 39.6. The highest BCUT2D eigenvalue weighted by atomic mass is 28.4. The second-order valence-electron chi connectivity index (χ2n) is 31.2. The molecule has 7 rings (SSSR count). The summed E-state index contributed by atoms with van der Waals surface area (Å²) in [5.74, 6) is -2.17. The molecule has 524 valence electrons. The third-order valence-electron chi connectivity index (χ3n) is 20.5. The van der Waals surface area contributed by atoms with Crippen molar-refractivity contribution < 1.29 is 65.5 Å². The highest BCUT2D eigenvalue weighted by Crippen LogP contribution is 2.48. The van der Waals surface area contributed by atoms with Crippen molar-refractivity contribution in [1.82, 2.24) is 0 Å². The topological polar surface area (TPSA) is 145 Å². The molecule has 0 spiro atoms. The van der Waals surface area contributed by atoms with Crippen LogP contribution < -0.4 is 15.1 Å². The Kier molecular flexibility index (Phi) is 27.3. The van der Waals surface area contributed by atoms with Crippen LogP contribution >= 0.6 is 0 Å². The predicted octanol–water partition coefficient (Wildman–Crippen LogP) is 16.1. The smallest absolute Gasteiger partial charge is 0.330 e. The van der Waals surface area contributed by atoms with Gasteiger partial charge in [0.25, 0.3) is 8.32 Å². The van der Waals surface area contributed by atoms with Crippen LogP contribution in [0.5, 0.6) is 5.75 Å². The van der Waals surface area contributed by atoms with E-state index in [0.717, 1.165) is 35.3 Å². The highest BCUT2D eigenvalue weighted by molar-refractivity contribution is 6.99. The van der Waals surface area contributed by atoms with E-state index in [9.17, 15) is 4.79 Å². The summed E-state index contributed by atoms with van der Waals surface area (Å²) in [6.07, 6.45) is 7.60. The molecule has 17 heteroatoms. The number of ether oxygens (including phenoxy) is 9. The number of ketones is 1. The summed E-state index contributed by atoms with van der Waals surface area (Å²) in [6.45, 7) is 41.3. The molecule has 3 saturated heterocycles. The standard InChI is InChI=1S/C78H116O14Si3/c1-56-44-63(40-42-77(12,13)78(83-16)73(80)60(47-72(79)82-15)46-67(90-78)52-71(92-94(19,20)75(6,7)8)57(2)86-55-84-53-58-30-24-21-25-31-58)88-64(45-56)49-66-51-68(91-93(17,18)74(3,4)5)50-65(89-66)48-62(85-54-59-36-38-61(81-14)39-37-59)41-43-87-95(76(9,10)11,69-32-26-22-27-33-69)70-34-28-23-29-35-70/h21-40,42,47,57,62-68,71H,1,41,43-46,48-55H2,2-20H3/b42-40+,60-47?/t57-,62-,63+,64+,65-,66+,67+,68-,71-,78-/m1/s1. The van der Waals surface area contributed by atoms with E-state index in [2.05, 4.69) is 168 Å². The number of hydrogen-bond donors (Lipinski definition) is 0. The average molecular weight is 1360 g/mol. The fourth-order valence-electron chi connectivity index (χ4n) is 13.0. The number of carbonyl (C=O) groups is 2. The lowest BCUT2D eigenvalue weighted by Crippen LogP contribution is -2.66. The molecule has 10 atom stereocenters. The van der Waals surface area contributed by atoms with Gasteiger partial charge in [-0.25, -0.2) is 4.79 Å². The molecule has 0 radical (unpaired) electrons. The van der Waals surface area contributed by atoms with Gasteiger partial charge in [-0.2, -0.15) is 0 Å². The quantitative estimate of drug-likeness (QED) is 0.0118. The van der Waals surface area contributed by atoms with Crippen molar-refractivity contribution in [3.05, 3.63) is 162 Å². The summed E-state index contributed by atoms with van der Waals surface area (Å²) < 4.78 is 79.9. The lowest BCUT2D eigenvalue weighted by atomic mass is 9.74. The third-order valence-corrected chi connectivity index (χ3v) is 34.6. The van der Waals surface area contributed by atoms with Crippen molar-refractivity contribution in [3.8, 4) is 5.75 Å². The summed E-state index contributed by atoms with van der Waals surface area (Å²) in [5.41, 5.74) is 2.29. The van der Waals surface area contributed by atoms with Gasteiger partial charge >= 0.3 is 5.97 Å². The Hall–Kier alpha value is -4.71. The first-order valence-corrected chi connectivity index (χ1v) is 42.2. The zero-order valence-corrected chi connectivity index (χ0v) is 64.0. The fraction of sp³-hybridized carbons (Fsp3) is 0.590. The normalized spacial score (nSPS) is 23.6. The van der Waals surface area contributed by atoms with Crippen molar-refractivity contribution >= 4 is 47.1 Å². The van der Waals surface area contributed by atoms with E-state index in [-0.39, 0.29) is 70.5 Å². The summed E-state index contributed by atoms with van der Waals surface area (Å²) >= 11 is 0. The first-order valence-electron chi connectivity index (χ1n) is 34.5. The van der Waals surface area contributed by atoms with Gasteiger partial charge < -0.3 is 55.9 Å². The van der Waals surface area contributed by atoms with Crippen molar-refractivity contribution in [2.45, 2.75) is 256 Å². The van der Waals surface area contributed by atoms with Crippen LogP contribution in [0.3, 0.4) is 0 Å². The van der Waals surface area contributed by atoms with Crippen molar-refractivity contribution in [2.24, 2.45) is 5.41 Å². The maximum atomic E-state index is 15.1. The molecular weight excluding hydrogens is 1250 g/mol. The van der Waals surface area contributed by atoms with Crippen molar-refractivity contribution in [1.29, 1.82) is 0 Å². The average Bonchev–Trinajstić information content (AvgIpc) is 0.751. The Morgan fingerprint density at radius 3 is 1.83 bits per heavy atom. The van der Waals surface area contributed by atoms with Gasteiger partial charge in [0.15, 0.2) is 16.6 Å². The minimum absolute atomic E-state index is 0.00138. The monoisotopic (exact) mass is 1360 g/mol. The molecule has 14 nitrogen and oxygen atoms in total. The fourth-order valence-corrected chi connectivity index (χ4v) is 20.4. The van der Waals surface area contributed by atoms with Gasteiger partial charge in [-0.05, 0) is 120 Å². The van der Waals surface area contributed by atoms with Crippen LogP contribution in [0.2, 0.25) is 41.3 Å². The van der Waals surface area contributed by atoms with Gasteiger partial charge in [-0.1, -0.05) is 204 Å². The molecule has 3 fully saturated rings. The number of hydrogen-bond acceptors (Lipinski definition) is 14. The number of esters is 1. The Labute approximate surface area is 573 Å². The van der Waals surface area contributed by atoms with E-state index in [1.54, 1.807) is 7.11 Å². The van der Waals surface area contributed by atoms with E-state index in [4.69, 9.17) is 55.9 Å². The van der Waals surface area contributed by atoms with Crippen LogP contribution in [0.15, 0.2) is 151 Å². The SMILES string of the molecule is C=C1C[C@@H](C[C@H]2C[C@H](O[Si](C)(C)C(C)(C)C)C[C@@H](C[C@@H](CCO[Si](c3ccccc3)(c3ccccc3)C(C)(C)C)OCc3ccc(OC)cc3)O2)O[C@@H](/C=C/C(C)(C)[C@]2(OC)O[C@H](C[C@@H](O[Si](C)(C)C(C)(C)C)[C@@H](C)OCOCc3ccccc3)CC(=CC(=O)OC)C2=O)C1. The number of rotatable bonds is 31. The van der Waals surface area contributed by atoms with Crippen LogP contribution in [0.25, 0.3) is 0 Å². The van der Waals surface area contributed by atoms with Crippen LogP contribution in [-0.2, 0) is 74.0 Å². The first-order chi connectivity index (χ1) is 44.6. The Morgan fingerprint density at radius 1 is 0.674 bits per heavy atom. The van der Waals surface area contributed by atoms with Gasteiger partial charge in [0, 0.05) is 56.1 Å². The van der Waals surface area contributed by atoms with E-state index in [1.165, 1.54) is 30.7 Å². The lowest BCUT2D eigenvalue weighted by molar-refractivity contribution is -0.279. The maximum Gasteiger partial charge on any atom is 0.330 e. The predicted molar refractivity (Wildman–Crippen MR) is 387 cm³/mol. The third kappa shape index (κ3) is 20.5. The zero-order valence-electron chi connectivity index (χ0n) is 61.0. The van der Waals surface area contributed by atoms with Gasteiger partial charge in [-0.15, -0.1) is 0 Å². The molecular formula is C78H116O14Si3. The second-order valence-corrected chi connectivity index (χ2v) is 45.0. The molecule has 0 aromatic heterocycles. The molecule has 95 heavy (non-hydrogen) atoms. The lowest BCUT2D eigenvalue weighted by Gasteiger charge is -2.49. The van der Waals surface area contributed by atoms with Crippen LogP contribution in [0, 0.1) is 5.41 Å². The number of benzene rings is 4. The molecule has 0 saturated carbocycles. The summed E-state index contributed by atoms with van der Waals surface area (Å²) in [4.78, 5) is 28.2. The molecule has 4 aromatic carbocycles. The summed E-state index contributed by atoms with van der Waals surface area (Å²) in [5, 5.41) is 2.16. The van der Waals surface area contributed by atoms with E-state index in [0.29, 0.717) is 58.3 Å². The number of Topliss-reactive ketones (excluding diaryl/α,β-unsaturated/α-hetero) is 1. The van der Waals surface area contributed by atoms with Gasteiger partial charge in [-0.3, -0.25) is 4.79 Å². The molecule has 3 aliphatic rings. The minimum atomic E-state index is -2.85. The van der Waals surface area contributed by atoms with E-state index < -0.39 is 66.2 Å². The van der Waals surface area contributed by atoms with Gasteiger partial charge in [0.1, 0.15) is 12.5 Å². The largest absolute Gasteiger partial charge is 0.497 e. The number of carbonyl (C=O) groups excluding carboxylic acids is 2. The Bertz CT molecular complexity index is 3070. The molecule has 4 aromatic rings. The van der Waals surface area contributed by atoms with Gasteiger partial charge in [0.05, 0.1) is 76.3 Å². The second kappa shape index (κ2) is 33.4. The molecule has 3 aliphatic heterocycles. The van der Waals surface area contributed by atoms with E-state index >= 15 is 4.79 Å². The first kappa shape index (κ1) is 77.6. The molecule has 0 bridgehead atoms. The maximum absolute atomic E-state index is 15.1. The Morgan fingerprint density at radius 2 is 1.26 bits per heavy atom. The van der Waals surface area contributed by atoms with Crippen LogP contribution in [-0.4, -0.2) is 132 Å². The molecule has 0 amide bonds. The van der Waals surface area contributed by atoms with Gasteiger partial charge in [0.2, 0.25) is 11.6 Å². The molecule has 0 N–H and O–H groups in total. The van der Waals surface area contributed by atoms with Crippen LogP contribution in [0.4, 0.5) is 0 Å². The number of methoxy groups -OCH3 is 3. The molecule has 0 aliphatic carbocycles. The zero-order chi connectivity index (χ0) is 69.6. The Balaban J connectivity index is 1.13. The molecule has 3 heterocycles. The van der Waals surface area contributed by atoms with Crippen molar-refractivity contribution in [2.75, 3.05) is 34.7 Å². The van der Waals surface area contributed by atoms with Crippen LogP contribution in [0.1, 0.15) is 152 Å². The van der Waals surface area contributed by atoms with E-state index in [1.807, 2.05) is 75.4 Å². The van der Waals surface area contributed by atoms with Crippen molar-refractivity contribution in [3.63, 3.8) is 0 Å². The summed E-state index contributed by atoms with van der Waals surface area (Å²) in [7, 11) is -3.03.